The number of halogens is 2. The Labute approximate surface area is 128 Å². The van der Waals surface area contributed by atoms with Crippen molar-refractivity contribution in [2.45, 2.75) is 26.7 Å². The molecule has 3 nitrogen and oxygen atoms in total. The Bertz CT molecular complexity index is 662. The minimum Gasteiger partial charge on any atom is -0.299 e. The van der Waals surface area contributed by atoms with Crippen molar-refractivity contribution in [3.63, 3.8) is 0 Å². The molecule has 2 aromatic rings. The van der Waals surface area contributed by atoms with Crippen LogP contribution >= 0.6 is 23.2 Å². The molecule has 0 atom stereocenters. The van der Waals surface area contributed by atoms with Gasteiger partial charge in [0.05, 0.1) is 5.69 Å². The molecule has 0 aliphatic rings. The van der Waals surface area contributed by atoms with Crippen LogP contribution in [0.1, 0.15) is 22.5 Å². The van der Waals surface area contributed by atoms with E-state index in [1.165, 1.54) is 0 Å². The first-order valence-corrected chi connectivity index (χ1v) is 7.08. The molecule has 5 heteroatoms. The Hall–Kier alpha value is -1.32. The van der Waals surface area contributed by atoms with E-state index in [9.17, 15) is 4.79 Å². The number of carbonyl (C=O) groups excluding carboxylic acids is 1. The molecule has 106 valence electrons. The summed E-state index contributed by atoms with van der Waals surface area (Å²) in [5.41, 5.74) is 3.68. The summed E-state index contributed by atoms with van der Waals surface area (Å²) in [5, 5.41) is 5.48. The van der Waals surface area contributed by atoms with Gasteiger partial charge in [0, 0.05) is 41.2 Å². The molecular weight excluding hydrogens is 295 g/mol. The molecule has 0 fully saturated rings. The second-order valence-electron chi connectivity index (χ2n) is 4.90. The van der Waals surface area contributed by atoms with Gasteiger partial charge in [0.25, 0.3) is 0 Å². The lowest BCUT2D eigenvalue weighted by molar-refractivity contribution is -0.117. The predicted molar refractivity (Wildman–Crippen MR) is 81.6 cm³/mol. The van der Waals surface area contributed by atoms with Gasteiger partial charge in [0.15, 0.2) is 0 Å². The van der Waals surface area contributed by atoms with Crippen molar-refractivity contribution in [3.8, 4) is 0 Å². The third-order valence-electron chi connectivity index (χ3n) is 3.43. The van der Waals surface area contributed by atoms with Crippen LogP contribution < -0.4 is 0 Å². The van der Waals surface area contributed by atoms with Crippen LogP contribution in [-0.2, 0) is 24.7 Å². The number of aryl methyl sites for hydroxylation is 2. The van der Waals surface area contributed by atoms with E-state index in [0.29, 0.717) is 16.5 Å². The van der Waals surface area contributed by atoms with Crippen LogP contribution in [0.25, 0.3) is 0 Å². The van der Waals surface area contributed by atoms with E-state index in [-0.39, 0.29) is 12.2 Å². The number of aromatic nitrogens is 2. The summed E-state index contributed by atoms with van der Waals surface area (Å²) in [5.74, 6) is 0.105. The smallest absolute Gasteiger partial charge is 0.141 e. The summed E-state index contributed by atoms with van der Waals surface area (Å²) >= 11 is 12.0. The quantitative estimate of drug-likeness (QED) is 0.863. The average molecular weight is 311 g/mol. The number of hydrogen-bond donors (Lipinski definition) is 0. The number of Topliss-reactive ketones (excluding diaryl/α,β-unsaturated/α-hetero) is 1. The van der Waals surface area contributed by atoms with E-state index in [1.54, 1.807) is 22.9 Å². The van der Waals surface area contributed by atoms with Crippen molar-refractivity contribution < 1.29 is 4.79 Å². The fraction of sp³-hybridized carbons (Fsp3) is 0.333. The molecule has 0 bridgehead atoms. The van der Waals surface area contributed by atoms with Crippen molar-refractivity contribution >= 4 is 29.0 Å². The minimum absolute atomic E-state index is 0.105. The van der Waals surface area contributed by atoms with Crippen molar-refractivity contribution in [1.29, 1.82) is 0 Å². The van der Waals surface area contributed by atoms with Crippen LogP contribution in [0, 0.1) is 13.8 Å². The molecule has 1 aromatic carbocycles. The molecule has 0 amide bonds. The maximum atomic E-state index is 12.2. The second-order valence-corrected chi connectivity index (χ2v) is 5.74. The lowest BCUT2D eigenvalue weighted by atomic mass is 10.0. The summed E-state index contributed by atoms with van der Waals surface area (Å²) in [6.07, 6.45) is 0.654. The minimum atomic E-state index is 0.105. The number of benzene rings is 1. The van der Waals surface area contributed by atoms with Crippen LogP contribution in [0.15, 0.2) is 18.2 Å². The van der Waals surface area contributed by atoms with Gasteiger partial charge in [-0.1, -0.05) is 23.2 Å². The van der Waals surface area contributed by atoms with E-state index in [2.05, 4.69) is 5.10 Å². The topological polar surface area (TPSA) is 34.9 Å². The summed E-state index contributed by atoms with van der Waals surface area (Å²) in [6.45, 7) is 3.89. The predicted octanol–water partition coefficient (Wildman–Crippen LogP) is 3.70. The maximum Gasteiger partial charge on any atom is 0.141 e. The Kier molecular flexibility index (Phi) is 4.51. The molecule has 0 N–H and O–H groups in total. The number of hydrogen-bond acceptors (Lipinski definition) is 2. The van der Waals surface area contributed by atoms with Gasteiger partial charge < -0.3 is 0 Å². The molecule has 2 rings (SSSR count). The average Bonchev–Trinajstić information content (AvgIpc) is 2.61. The standard InChI is InChI=1S/C15H16Cl2N2O/c1-9-14(10(2)19(3)18-9)8-13(20)7-11-6-12(16)4-5-15(11)17/h4-6H,7-8H2,1-3H3. The van der Waals surface area contributed by atoms with E-state index in [1.807, 2.05) is 20.9 Å². The van der Waals surface area contributed by atoms with Crippen molar-refractivity contribution in [2.75, 3.05) is 0 Å². The van der Waals surface area contributed by atoms with E-state index < -0.39 is 0 Å². The molecular formula is C15H16Cl2N2O. The second kappa shape index (κ2) is 5.98. The number of ketones is 1. The van der Waals surface area contributed by atoms with Gasteiger partial charge in [-0.15, -0.1) is 0 Å². The lowest BCUT2D eigenvalue weighted by Crippen LogP contribution is -2.08. The maximum absolute atomic E-state index is 12.2. The van der Waals surface area contributed by atoms with Crippen molar-refractivity contribution in [2.24, 2.45) is 7.05 Å². The number of carbonyl (C=O) groups is 1. The van der Waals surface area contributed by atoms with Gasteiger partial charge >= 0.3 is 0 Å². The third-order valence-corrected chi connectivity index (χ3v) is 4.03. The number of rotatable bonds is 4. The molecule has 0 saturated heterocycles. The highest BCUT2D eigenvalue weighted by molar-refractivity contribution is 6.33. The van der Waals surface area contributed by atoms with Crippen LogP contribution in [0.3, 0.4) is 0 Å². The normalized spacial score (nSPS) is 10.8. The van der Waals surface area contributed by atoms with Crippen LogP contribution in [0.2, 0.25) is 10.0 Å². The largest absolute Gasteiger partial charge is 0.299 e. The molecule has 0 saturated carbocycles. The van der Waals surface area contributed by atoms with E-state index in [4.69, 9.17) is 23.2 Å². The van der Waals surface area contributed by atoms with Gasteiger partial charge in [0.1, 0.15) is 5.78 Å². The van der Waals surface area contributed by atoms with Gasteiger partial charge in [-0.2, -0.15) is 5.10 Å². The molecule has 1 heterocycles. The Morgan fingerprint density at radius 1 is 1.25 bits per heavy atom. The third kappa shape index (κ3) is 3.22. The molecule has 1 aromatic heterocycles. The van der Waals surface area contributed by atoms with E-state index >= 15 is 0 Å². The van der Waals surface area contributed by atoms with Crippen molar-refractivity contribution in [3.05, 3.63) is 50.8 Å². The Morgan fingerprint density at radius 3 is 2.55 bits per heavy atom. The number of nitrogens with zero attached hydrogens (tertiary/aromatic N) is 2. The fourth-order valence-electron chi connectivity index (χ4n) is 2.22. The summed E-state index contributed by atoms with van der Waals surface area (Å²) < 4.78 is 1.80. The highest BCUT2D eigenvalue weighted by Gasteiger charge is 2.15. The first-order valence-electron chi connectivity index (χ1n) is 6.33. The molecule has 0 aliphatic carbocycles. The summed E-state index contributed by atoms with van der Waals surface area (Å²) in [7, 11) is 1.88. The van der Waals surface area contributed by atoms with Crippen molar-refractivity contribution in [1.82, 2.24) is 9.78 Å². The van der Waals surface area contributed by atoms with E-state index in [0.717, 1.165) is 22.5 Å². The zero-order chi connectivity index (χ0) is 14.9. The first-order chi connectivity index (χ1) is 9.38. The highest BCUT2D eigenvalue weighted by Crippen LogP contribution is 2.22. The molecule has 0 unspecified atom stereocenters. The molecule has 0 spiro atoms. The van der Waals surface area contributed by atoms with Gasteiger partial charge in [0.2, 0.25) is 0 Å². The molecule has 0 aliphatic heterocycles. The highest BCUT2D eigenvalue weighted by atomic mass is 35.5. The Balaban J connectivity index is 2.15. The van der Waals surface area contributed by atoms with Gasteiger partial charge in [-0.3, -0.25) is 9.48 Å². The SMILES string of the molecule is Cc1nn(C)c(C)c1CC(=O)Cc1cc(Cl)ccc1Cl. The van der Waals surface area contributed by atoms with Crippen LogP contribution in [-0.4, -0.2) is 15.6 Å². The molecule has 0 radical (unpaired) electrons. The summed E-state index contributed by atoms with van der Waals surface area (Å²) in [6, 6.07) is 5.17. The summed E-state index contributed by atoms with van der Waals surface area (Å²) in [4.78, 5) is 12.2. The zero-order valence-electron chi connectivity index (χ0n) is 11.7. The van der Waals surface area contributed by atoms with Crippen LogP contribution in [0.5, 0.6) is 0 Å². The zero-order valence-corrected chi connectivity index (χ0v) is 13.2. The van der Waals surface area contributed by atoms with Gasteiger partial charge in [-0.05, 0) is 37.6 Å². The van der Waals surface area contributed by atoms with Gasteiger partial charge in [-0.25, -0.2) is 0 Å². The Morgan fingerprint density at radius 2 is 1.95 bits per heavy atom. The lowest BCUT2D eigenvalue weighted by Gasteiger charge is -2.05. The monoisotopic (exact) mass is 310 g/mol. The molecule has 20 heavy (non-hydrogen) atoms. The van der Waals surface area contributed by atoms with Crippen LogP contribution in [0.4, 0.5) is 0 Å². The fourth-order valence-corrected chi connectivity index (χ4v) is 2.60. The first kappa shape index (κ1) is 15.1.